The van der Waals surface area contributed by atoms with Crippen molar-refractivity contribution in [1.82, 2.24) is 25.5 Å². The highest BCUT2D eigenvalue weighted by atomic mass is 32.1. The fourth-order valence-corrected chi connectivity index (χ4v) is 3.98. The second-order valence-corrected chi connectivity index (χ2v) is 6.47. The van der Waals surface area contributed by atoms with Crippen molar-refractivity contribution < 1.29 is 0 Å². The molecule has 5 nitrogen and oxygen atoms in total. The van der Waals surface area contributed by atoms with Crippen LogP contribution in [0.3, 0.4) is 0 Å². The van der Waals surface area contributed by atoms with Gasteiger partial charge in [-0.1, -0.05) is 6.07 Å². The van der Waals surface area contributed by atoms with Crippen molar-refractivity contribution in [2.45, 2.75) is 18.9 Å². The standard InChI is InChI=1S/C15H17N5S/c1-2-13(9-16-6-1)15(20-18-10-17-19-20)12-3-4-14-11(8-12)5-7-21-14/h3-5,7-8,10,13,15-16H,1-2,6,9H2/t13-,15-/m0/s1. The van der Waals surface area contributed by atoms with Crippen molar-refractivity contribution >= 4 is 21.4 Å². The van der Waals surface area contributed by atoms with Gasteiger partial charge < -0.3 is 5.32 Å². The molecule has 1 N–H and O–H groups in total. The second-order valence-electron chi connectivity index (χ2n) is 5.53. The van der Waals surface area contributed by atoms with Crippen LogP contribution in [0.25, 0.3) is 10.1 Å². The molecule has 6 heteroatoms. The highest BCUT2D eigenvalue weighted by Gasteiger charge is 2.28. The second kappa shape index (κ2) is 5.54. The van der Waals surface area contributed by atoms with E-state index in [-0.39, 0.29) is 6.04 Å². The first kappa shape index (κ1) is 12.9. The summed E-state index contributed by atoms with van der Waals surface area (Å²) < 4.78 is 1.32. The van der Waals surface area contributed by atoms with Crippen molar-refractivity contribution in [1.29, 1.82) is 0 Å². The number of fused-ring (bicyclic) bond motifs is 1. The number of benzene rings is 1. The molecule has 0 amide bonds. The summed E-state index contributed by atoms with van der Waals surface area (Å²) in [6.07, 6.45) is 3.92. The van der Waals surface area contributed by atoms with E-state index in [0.717, 1.165) is 13.1 Å². The van der Waals surface area contributed by atoms with E-state index >= 15 is 0 Å². The number of nitrogens with one attached hydrogen (secondary N) is 1. The van der Waals surface area contributed by atoms with Gasteiger partial charge in [-0.25, -0.2) is 0 Å². The molecular weight excluding hydrogens is 282 g/mol. The zero-order chi connectivity index (χ0) is 14.1. The Hall–Kier alpha value is -1.79. The fourth-order valence-electron chi connectivity index (χ4n) is 3.21. The van der Waals surface area contributed by atoms with Crippen LogP contribution >= 0.6 is 11.3 Å². The fraction of sp³-hybridized carbons (Fsp3) is 0.400. The maximum absolute atomic E-state index is 4.31. The Morgan fingerprint density at radius 3 is 3.14 bits per heavy atom. The lowest BCUT2D eigenvalue weighted by Gasteiger charge is -2.30. The number of rotatable bonds is 3. The first-order chi connectivity index (χ1) is 10.4. The van der Waals surface area contributed by atoms with E-state index in [9.17, 15) is 0 Å². The van der Waals surface area contributed by atoms with Gasteiger partial charge in [-0.15, -0.1) is 21.5 Å². The maximum atomic E-state index is 4.31. The highest BCUT2D eigenvalue weighted by molar-refractivity contribution is 7.17. The number of tetrazole rings is 1. The third kappa shape index (κ3) is 2.45. The van der Waals surface area contributed by atoms with Crippen LogP contribution in [0.5, 0.6) is 0 Å². The highest BCUT2D eigenvalue weighted by Crippen LogP contribution is 2.32. The first-order valence-corrected chi connectivity index (χ1v) is 8.20. The van der Waals surface area contributed by atoms with E-state index in [1.165, 1.54) is 34.8 Å². The lowest BCUT2D eigenvalue weighted by molar-refractivity contribution is 0.261. The largest absolute Gasteiger partial charge is 0.316 e. The molecule has 0 aliphatic carbocycles. The number of nitrogens with zero attached hydrogens (tertiary/aromatic N) is 4. The van der Waals surface area contributed by atoms with Gasteiger partial charge in [-0.05, 0) is 65.0 Å². The third-order valence-corrected chi connectivity index (χ3v) is 5.11. The monoisotopic (exact) mass is 299 g/mol. The van der Waals surface area contributed by atoms with Gasteiger partial charge in [0.05, 0.1) is 0 Å². The van der Waals surface area contributed by atoms with Crippen molar-refractivity contribution in [2.24, 2.45) is 5.92 Å². The van der Waals surface area contributed by atoms with Gasteiger partial charge in [0, 0.05) is 11.2 Å². The van der Waals surface area contributed by atoms with Crippen molar-refractivity contribution in [2.75, 3.05) is 13.1 Å². The van der Waals surface area contributed by atoms with Crippen LogP contribution in [-0.4, -0.2) is 33.3 Å². The maximum Gasteiger partial charge on any atom is 0.162 e. The molecule has 0 saturated carbocycles. The molecule has 2 atom stereocenters. The average Bonchev–Trinajstić information content (AvgIpc) is 3.19. The molecule has 1 aromatic carbocycles. The third-order valence-electron chi connectivity index (χ3n) is 4.21. The van der Waals surface area contributed by atoms with Crippen LogP contribution in [0.15, 0.2) is 36.0 Å². The number of aromatic nitrogens is 4. The minimum Gasteiger partial charge on any atom is -0.316 e. The number of thiophene rings is 1. The Bertz CT molecular complexity index is 715. The Morgan fingerprint density at radius 1 is 1.33 bits per heavy atom. The summed E-state index contributed by atoms with van der Waals surface area (Å²) in [6.45, 7) is 2.12. The summed E-state index contributed by atoms with van der Waals surface area (Å²) in [4.78, 5) is 1.77. The van der Waals surface area contributed by atoms with Gasteiger partial charge in [-0.3, -0.25) is 0 Å². The molecule has 0 bridgehead atoms. The molecule has 108 valence electrons. The molecule has 1 aliphatic heterocycles. The van der Waals surface area contributed by atoms with Crippen molar-refractivity contribution in [3.63, 3.8) is 0 Å². The molecule has 4 rings (SSSR count). The number of hydrogen-bond donors (Lipinski definition) is 1. The Labute approximate surface area is 127 Å². The van der Waals surface area contributed by atoms with Crippen LogP contribution in [-0.2, 0) is 0 Å². The van der Waals surface area contributed by atoms with Crippen LogP contribution in [0.1, 0.15) is 24.4 Å². The topological polar surface area (TPSA) is 55.6 Å². The minimum atomic E-state index is 0.157. The summed E-state index contributed by atoms with van der Waals surface area (Å²) in [6, 6.07) is 9.02. The lowest BCUT2D eigenvalue weighted by atomic mass is 9.87. The summed E-state index contributed by atoms with van der Waals surface area (Å²) in [5.41, 5.74) is 1.27. The predicted molar refractivity (Wildman–Crippen MR) is 83.4 cm³/mol. The zero-order valence-electron chi connectivity index (χ0n) is 11.6. The molecule has 1 saturated heterocycles. The van der Waals surface area contributed by atoms with Gasteiger partial charge in [0.2, 0.25) is 0 Å². The molecule has 1 fully saturated rings. The Kier molecular flexibility index (Phi) is 3.40. The van der Waals surface area contributed by atoms with Crippen LogP contribution in [0.2, 0.25) is 0 Å². The Balaban J connectivity index is 1.77. The quantitative estimate of drug-likeness (QED) is 0.807. The van der Waals surface area contributed by atoms with E-state index in [1.807, 2.05) is 0 Å². The van der Waals surface area contributed by atoms with E-state index in [0.29, 0.717) is 5.92 Å². The predicted octanol–water partition coefficient (Wildman–Crippen LogP) is 2.48. The molecule has 0 radical (unpaired) electrons. The summed E-state index contributed by atoms with van der Waals surface area (Å²) in [5, 5.41) is 19.3. The molecule has 21 heavy (non-hydrogen) atoms. The first-order valence-electron chi connectivity index (χ1n) is 7.32. The van der Waals surface area contributed by atoms with Gasteiger partial charge in [0.25, 0.3) is 0 Å². The van der Waals surface area contributed by atoms with Crippen molar-refractivity contribution in [3.8, 4) is 0 Å². The molecular formula is C15H17N5S. The molecule has 0 spiro atoms. The van der Waals surface area contributed by atoms with Crippen molar-refractivity contribution in [3.05, 3.63) is 41.5 Å². The minimum absolute atomic E-state index is 0.157. The van der Waals surface area contributed by atoms with Crippen LogP contribution in [0, 0.1) is 5.92 Å². The number of hydrogen-bond acceptors (Lipinski definition) is 5. The van der Waals surface area contributed by atoms with E-state index in [2.05, 4.69) is 50.4 Å². The molecule has 2 aromatic heterocycles. The lowest BCUT2D eigenvalue weighted by Crippen LogP contribution is -2.36. The summed E-state index contributed by atoms with van der Waals surface area (Å²) >= 11 is 1.78. The van der Waals surface area contributed by atoms with Gasteiger partial charge in [-0.2, -0.15) is 4.80 Å². The van der Waals surface area contributed by atoms with Crippen LogP contribution < -0.4 is 5.32 Å². The smallest absolute Gasteiger partial charge is 0.162 e. The van der Waals surface area contributed by atoms with Gasteiger partial charge >= 0.3 is 0 Å². The van der Waals surface area contributed by atoms with Crippen LogP contribution in [0.4, 0.5) is 0 Å². The average molecular weight is 299 g/mol. The van der Waals surface area contributed by atoms with Gasteiger partial charge in [0.1, 0.15) is 6.04 Å². The molecule has 0 unspecified atom stereocenters. The van der Waals surface area contributed by atoms with Gasteiger partial charge in [0.15, 0.2) is 6.33 Å². The molecule has 3 aromatic rings. The SMILES string of the molecule is c1nnn([C@@H](c2ccc3sccc3c2)[C@H]2CCCNC2)n1. The molecule has 1 aliphatic rings. The molecule has 3 heterocycles. The normalized spacial score (nSPS) is 20.7. The summed E-state index contributed by atoms with van der Waals surface area (Å²) in [5.74, 6) is 0.504. The Morgan fingerprint density at radius 2 is 2.33 bits per heavy atom. The summed E-state index contributed by atoms with van der Waals surface area (Å²) in [7, 11) is 0. The zero-order valence-corrected chi connectivity index (χ0v) is 12.5. The number of piperidine rings is 1. The van der Waals surface area contributed by atoms with E-state index in [4.69, 9.17) is 0 Å². The van der Waals surface area contributed by atoms with E-state index < -0.39 is 0 Å². The van der Waals surface area contributed by atoms with E-state index in [1.54, 1.807) is 16.1 Å².